The van der Waals surface area contributed by atoms with Gasteiger partial charge in [0.15, 0.2) is 0 Å². The standard InChI is InChI=1S/C14H25NO2/c1-14(2,12-8-4-5-9-12)17-13(16)15-10-6-3-7-11-15/h12H,3-11H2,1-2H3. The molecule has 0 atom stereocenters. The number of hydrogen-bond acceptors (Lipinski definition) is 2. The molecule has 17 heavy (non-hydrogen) atoms. The van der Waals surface area contributed by atoms with Crippen molar-refractivity contribution in [3.05, 3.63) is 0 Å². The number of piperidine rings is 1. The first kappa shape index (κ1) is 12.7. The summed E-state index contributed by atoms with van der Waals surface area (Å²) in [6.07, 6.45) is 8.39. The van der Waals surface area contributed by atoms with Gasteiger partial charge in [-0.05, 0) is 51.9 Å². The van der Waals surface area contributed by atoms with Gasteiger partial charge in [-0.1, -0.05) is 12.8 Å². The van der Waals surface area contributed by atoms with E-state index in [1.54, 1.807) is 0 Å². The second-order valence-corrected chi connectivity index (χ2v) is 6.00. The van der Waals surface area contributed by atoms with Gasteiger partial charge in [0.1, 0.15) is 5.60 Å². The maximum absolute atomic E-state index is 12.1. The van der Waals surface area contributed by atoms with Crippen molar-refractivity contribution in [3.8, 4) is 0 Å². The van der Waals surface area contributed by atoms with E-state index in [9.17, 15) is 4.79 Å². The number of likely N-dealkylation sites (tertiary alicyclic amines) is 1. The van der Waals surface area contributed by atoms with Crippen LogP contribution in [0.15, 0.2) is 0 Å². The third-order valence-corrected chi connectivity index (χ3v) is 4.30. The Labute approximate surface area is 105 Å². The predicted octanol–water partition coefficient (Wildman–Crippen LogP) is 3.58. The molecule has 2 aliphatic rings. The largest absolute Gasteiger partial charge is 0.443 e. The Morgan fingerprint density at radius 3 is 2.24 bits per heavy atom. The van der Waals surface area contributed by atoms with E-state index in [1.165, 1.54) is 32.1 Å². The van der Waals surface area contributed by atoms with Crippen LogP contribution in [0.4, 0.5) is 4.79 Å². The van der Waals surface area contributed by atoms with Crippen molar-refractivity contribution in [1.82, 2.24) is 4.90 Å². The molecule has 0 bridgehead atoms. The van der Waals surface area contributed by atoms with E-state index in [1.807, 2.05) is 4.90 Å². The van der Waals surface area contributed by atoms with E-state index in [0.717, 1.165) is 25.9 Å². The number of nitrogens with zero attached hydrogens (tertiary/aromatic N) is 1. The second kappa shape index (κ2) is 5.28. The molecule has 1 aliphatic heterocycles. The highest BCUT2D eigenvalue weighted by Gasteiger charge is 2.36. The summed E-state index contributed by atoms with van der Waals surface area (Å²) in [7, 11) is 0. The summed E-state index contributed by atoms with van der Waals surface area (Å²) in [6, 6.07) is 0. The van der Waals surface area contributed by atoms with Crippen molar-refractivity contribution >= 4 is 6.09 Å². The van der Waals surface area contributed by atoms with Crippen molar-refractivity contribution < 1.29 is 9.53 Å². The number of hydrogen-bond donors (Lipinski definition) is 0. The maximum Gasteiger partial charge on any atom is 0.410 e. The Kier molecular flexibility index (Phi) is 3.95. The van der Waals surface area contributed by atoms with Crippen LogP contribution in [-0.2, 0) is 4.74 Å². The molecule has 3 nitrogen and oxygen atoms in total. The summed E-state index contributed by atoms with van der Waals surface area (Å²) in [5, 5.41) is 0. The fraction of sp³-hybridized carbons (Fsp3) is 0.929. The smallest absolute Gasteiger partial charge is 0.410 e. The summed E-state index contributed by atoms with van der Waals surface area (Å²) in [6.45, 7) is 5.90. The normalized spacial score (nSPS) is 22.8. The monoisotopic (exact) mass is 239 g/mol. The van der Waals surface area contributed by atoms with Crippen molar-refractivity contribution in [2.75, 3.05) is 13.1 Å². The number of rotatable bonds is 2. The van der Waals surface area contributed by atoms with E-state index in [2.05, 4.69) is 13.8 Å². The fourth-order valence-corrected chi connectivity index (χ4v) is 3.07. The Morgan fingerprint density at radius 2 is 1.65 bits per heavy atom. The molecule has 3 heteroatoms. The van der Waals surface area contributed by atoms with Crippen LogP contribution in [0.25, 0.3) is 0 Å². The SMILES string of the molecule is CC(C)(OC(=O)N1CCCCC1)C1CCCC1. The fourth-order valence-electron chi connectivity index (χ4n) is 3.07. The Morgan fingerprint density at radius 1 is 1.06 bits per heavy atom. The molecule has 0 radical (unpaired) electrons. The van der Waals surface area contributed by atoms with E-state index in [0.29, 0.717) is 5.92 Å². The third kappa shape index (κ3) is 3.14. The molecule has 98 valence electrons. The van der Waals surface area contributed by atoms with Crippen LogP contribution in [0.2, 0.25) is 0 Å². The summed E-state index contributed by atoms with van der Waals surface area (Å²) in [4.78, 5) is 13.9. The minimum Gasteiger partial charge on any atom is -0.443 e. The molecule has 1 amide bonds. The average Bonchev–Trinajstić information content (AvgIpc) is 2.84. The van der Waals surface area contributed by atoms with Gasteiger partial charge >= 0.3 is 6.09 Å². The van der Waals surface area contributed by atoms with Gasteiger partial charge in [0.2, 0.25) is 0 Å². The minimum absolute atomic E-state index is 0.0957. The quantitative estimate of drug-likeness (QED) is 0.737. The van der Waals surface area contributed by atoms with Crippen molar-refractivity contribution in [2.45, 2.75) is 64.4 Å². The highest BCUT2D eigenvalue weighted by atomic mass is 16.6. The Hall–Kier alpha value is -0.730. The molecule has 0 N–H and O–H groups in total. The first-order chi connectivity index (χ1) is 8.09. The Balaban J connectivity index is 1.87. The van der Waals surface area contributed by atoms with Crippen molar-refractivity contribution in [3.63, 3.8) is 0 Å². The number of amides is 1. The van der Waals surface area contributed by atoms with E-state index >= 15 is 0 Å². The molecule has 2 rings (SSSR count). The zero-order valence-corrected chi connectivity index (χ0v) is 11.2. The molecular weight excluding hydrogens is 214 g/mol. The summed E-state index contributed by atoms with van der Waals surface area (Å²) >= 11 is 0. The first-order valence-corrected chi connectivity index (χ1v) is 7.07. The molecule has 0 spiro atoms. The van der Waals surface area contributed by atoms with E-state index in [-0.39, 0.29) is 11.7 Å². The van der Waals surface area contributed by atoms with Gasteiger partial charge in [-0.2, -0.15) is 0 Å². The molecule has 1 saturated heterocycles. The third-order valence-electron chi connectivity index (χ3n) is 4.30. The topological polar surface area (TPSA) is 29.5 Å². The van der Waals surface area contributed by atoms with Crippen LogP contribution >= 0.6 is 0 Å². The van der Waals surface area contributed by atoms with Crippen LogP contribution in [0.1, 0.15) is 58.8 Å². The van der Waals surface area contributed by atoms with Crippen LogP contribution in [0.5, 0.6) is 0 Å². The predicted molar refractivity (Wildman–Crippen MR) is 67.9 cm³/mol. The summed E-state index contributed by atoms with van der Waals surface area (Å²) < 4.78 is 5.75. The van der Waals surface area contributed by atoms with E-state index < -0.39 is 0 Å². The molecule has 1 heterocycles. The van der Waals surface area contributed by atoms with Gasteiger partial charge in [-0.15, -0.1) is 0 Å². The lowest BCUT2D eigenvalue weighted by molar-refractivity contribution is -0.0247. The second-order valence-electron chi connectivity index (χ2n) is 6.00. The van der Waals surface area contributed by atoms with Gasteiger partial charge in [0.05, 0.1) is 0 Å². The van der Waals surface area contributed by atoms with Crippen LogP contribution in [0.3, 0.4) is 0 Å². The van der Waals surface area contributed by atoms with Crippen molar-refractivity contribution in [1.29, 1.82) is 0 Å². The van der Waals surface area contributed by atoms with Gasteiger partial charge < -0.3 is 9.64 Å². The maximum atomic E-state index is 12.1. The lowest BCUT2D eigenvalue weighted by Crippen LogP contribution is -2.43. The van der Waals surface area contributed by atoms with Crippen LogP contribution in [-0.4, -0.2) is 29.7 Å². The zero-order valence-electron chi connectivity index (χ0n) is 11.2. The highest BCUT2D eigenvalue weighted by molar-refractivity contribution is 5.68. The van der Waals surface area contributed by atoms with Crippen molar-refractivity contribution in [2.24, 2.45) is 5.92 Å². The average molecular weight is 239 g/mol. The van der Waals surface area contributed by atoms with E-state index in [4.69, 9.17) is 4.74 Å². The molecule has 1 saturated carbocycles. The highest BCUT2D eigenvalue weighted by Crippen LogP contribution is 2.36. The molecule has 1 aliphatic carbocycles. The zero-order chi connectivity index (χ0) is 12.3. The van der Waals surface area contributed by atoms with Gasteiger partial charge in [-0.25, -0.2) is 4.79 Å². The first-order valence-electron chi connectivity index (χ1n) is 7.07. The minimum atomic E-state index is -0.287. The Bertz CT molecular complexity index is 263. The van der Waals surface area contributed by atoms with Gasteiger partial charge in [0, 0.05) is 13.1 Å². The van der Waals surface area contributed by atoms with Gasteiger partial charge in [0.25, 0.3) is 0 Å². The lowest BCUT2D eigenvalue weighted by Gasteiger charge is -2.35. The lowest BCUT2D eigenvalue weighted by atomic mass is 9.89. The molecule has 0 aromatic carbocycles. The van der Waals surface area contributed by atoms with Gasteiger partial charge in [-0.3, -0.25) is 0 Å². The molecule has 0 unspecified atom stereocenters. The summed E-state index contributed by atoms with van der Waals surface area (Å²) in [5.74, 6) is 0.552. The number of carbonyl (C=O) groups is 1. The molecule has 0 aromatic rings. The van der Waals surface area contributed by atoms with Crippen LogP contribution < -0.4 is 0 Å². The summed E-state index contributed by atoms with van der Waals surface area (Å²) in [5.41, 5.74) is -0.287. The number of ether oxygens (including phenoxy) is 1. The van der Waals surface area contributed by atoms with Crippen LogP contribution in [0, 0.1) is 5.92 Å². The molecule has 2 fully saturated rings. The molecular formula is C14H25NO2. The number of carbonyl (C=O) groups excluding carboxylic acids is 1. The molecule has 0 aromatic heterocycles.